The van der Waals surface area contributed by atoms with Crippen LogP contribution in [0.2, 0.25) is 5.02 Å². The highest BCUT2D eigenvalue weighted by Crippen LogP contribution is 2.30. The molecule has 3 aromatic rings. The number of aromatic nitrogens is 2. The summed E-state index contributed by atoms with van der Waals surface area (Å²) in [5.74, 6) is -0.602. The molecule has 1 aliphatic rings. The molecule has 1 fully saturated rings. The van der Waals surface area contributed by atoms with Gasteiger partial charge in [-0.15, -0.1) is 0 Å². The number of nitrogens with two attached hydrogens (primary N) is 1. The van der Waals surface area contributed by atoms with Crippen molar-refractivity contribution in [1.29, 1.82) is 0 Å². The number of hydrogen-bond donors (Lipinski definition) is 2. The number of benzene rings is 2. The summed E-state index contributed by atoms with van der Waals surface area (Å²) in [7, 11) is 0. The molecule has 0 atom stereocenters. The zero-order valence-electron chi connectivity index (χ0n) is 18.0. The average molecular weight is 452 g/mol. The average Bonchev–Trinajstić information content (AvgIpc) is 3.12. The van der Waals surface area contributed by atoms with Crippen LogP contribution in [0.25, 0.3) is 16.9 Å². The Labute approximate surface area is 192 Å². The van der Waals surface area contributed by atoms with Gasteiger partial charge in [-0.3, -0.25) is 15.0 Å². The number of rotatable bonds is 6. The molecule has 2 aromatic carbocycles. The van der Waals surface area contributed by atoms with Gasteiger partial charge in [-0.05, 0) is 49.6 Å². The molecule has 1 saturated heterocycles. The summed E-state index contributed by atoms with van der Waals surface area (Å²) >= 11 is 6.09. The Hall–Kier alpha value is -3.16. The first kappa shape index (κ1) is 22.0. The number of amides is 2. The van der Waals surface area contributed by atoms with E-state index in [1.165, 1.54) is 6.42 Å². The van der Waals surface area contributed by atoms with E-state index in [0.29, 0.717) is 10.7 Å². The summed E-state index contributed by atoms with van der Waals surface area (Å²) in [5, 5.41) is 7.29. The summed E-state index contributed by atoms with van der Waals surface area (Å²) in [6, 6.07) is 14.9. The van der Waals surface area contributed by atoms with Gasteiger partial charge in [0.15, 0.2) is 5.69 Å². The van der Waals surface area contributed by atoms with Gasteiger partial charge < -0.3 is 5.73 Å². The van der Waals surface area contributed by atoms with Gasteiger partial charge in [-0.25, -0.2) is 9.69 Å². The van der Waals surface area contributed by atoms with Gasteiger partial charge in [0.2, 0.25) is 5.91 Å². The number of primary amides is 1. The Morgan fingerprint density at radius 1 is 1.03 bits per heavy atom. The van der Waals surface area contributed by atoms with Crippen LogP contribution in [0.4, 0.5) is 0 Å². The SMILES string of the molecule is Cc1c(C(=O)NN2CCCCC2)nn(-c2ccc(CC(N)=O)cc2)c1-c1ccc(Cl)cc1. The van der Waals surface area contributed by atoms with Crippen LogP contribution in [0.15, 0.2) is 48.5 Å². The molecule has 4 rings (SSSR count). The van der Waals surface area contributed by atoms with E-state index in [1.807, 2.05) is 60.5 Å². The zero-order valence-corrected chi connectivity index (χ0v) is 18.7. The topological polar surface area (TPSA) is 93.2 Å². The predicted molar refractivity (Wildman–Crippen MR) is 125 cm³/mol. The normalized spacial score (nSPS) is 14.3. The maximum absolute atomic E-state index is 13.1. The Morgan fingerprint density at radius 2 is 1.69 bits per heavy atom. The summed E-state index contributed by atoms with van der Waals surface area (Å²) in [4.78, 5) is 24.3. The third kappa shape index (κ3) is 4.84. The minimum absolute atomic E-state index is 0.173. The molecule has 0 aliphatic carbocycles. The van der Waals surface area contributed by atoms with Crippen molar-refractivity contribution in [3.05, 3.63) is 70.4 Å². The molecule has 32 heavy (non-hydrogen) atoms. The lowest BCUT2D eigenvalue weighted by atomic mass is 10.1. The molecule has 0 spiro atoms. The van der Waals surface area contributed by atoms with Crippen LogP contribution < -0.4 is 11.2 Å². The number of nitrogens with one attached hydrogen (secondary N) is 1. The number of hydrogen-bond acceptors (Lipinski definition) is 4. The molecule has 0 unspecified atom stereocenters. The smallest absolute Gasteiger partial charge is 0.286 e. The van der Waals surface area contributed by atoms with E-state index in [-0.39, 0.29) is 18.2 Å². The second-order valence-electron chi connectivity index (χ2n) is 8.04. The van der Waals surface area contributed by atoms with Crippen molar-refractivity contribution >= 4 is 23.4 Å². The first-order valence-electron chi connectivity index (χ1n) is 10.7. The molecule has 2 heterocycles. The molecule has 0 saturated carbocycles. The highest BCUT2D eigenvalue weighted by atomic mass is 35.5. The van der Waals surface area contributed by atoms with E-state index in [1.54, 1.807) is 4.68 Å². The van der Waals surface area contributed by atoms with Crippen LogP contribution in [-0.2, 0) is 11.2 Å². The highest BCUT2D eigenvalue weighted by molar-refractivity contribution is 6.30. The monoisotopic (exact) mass is 451 g/mol. The molecule has 1 aliphatic heterocycles. The van der Waals surface area contributed by atoms with Gasteiger partial charge in [-0.2, -0.15) is 5.10 Å². The fourth-order valence-electron chi connectivity index (χ4n) is 4.00. The largest absolute Gasteiger partial charge is 0.369 e. The van der Waals surface area contributed by atoms with Gasteiger partial charge in [0.05, 0.1) is 17.8 Å². The number of carbonyl (C=O) groups is 2. The Morgan fingerprint density at radius 3 is 2.31 bits per heavy atom. The minimum Gasteiger partial charge on any atom is -0.369 e. The number of carbonyl (C=O) groups excluding carboxylic acids is 2. The first-order chi connectivity index (χ1) is 15.4. The van der Waals surface area contributed by atoms with E-state index in [2.05, 4.69) is 10.5 Å². The van der Waals surface area contributed by atoms with Crippen molar-refractivity contribution in [2.75, 3.05) is 13.1 Å². The zero-order chi connectivity index (χ0) is 22.7. The second-order valence-corrected chi connectivity index (χ2v) is 8.48. The molecule has 1 aromatic heterocycles. The van der Waals surface area contributed by atoms with E-state index < -0.39 is 0 Å². The van der Waals surface area contributed by atoms with Crippen molar-refractivity contribution in [2.45, 2.75) is 32.6 Å². The maximum atomic E-state index is 13.1. The van der Waals surface area contributed by atoms with Gasteiger partial charge in [0.1, 0.15) is 0 Å². The third-order valence-electron chi connectivity index (χ3n) is 5.63. The van der Waals surface area contributed by atoms with Crippen LogP contribution >= 0.6 is 11.6 Å². The van der Waals surface area contributed by atoms with E-state index in [0.717, 1.165) is 54.0 Å². The molecular weight excluding hydrogens is 426 g/mol. The summed E-state index contributed by atoms with van der Waals surface area (Å²) in [5.41, 5.74) is 12.8. The van der Waals surface area contributed by atoms with Crippen LogP contribution in [0.1, 0.15) is 40.9 Å². The van der Waals surface area contributed by atoms with Crippen molar-refractivity contribution in [3.63, 3.8) is 0 Å². The molecular formula is C24H26ClN5O2. The quantitative estimate of drug-likeness (QED) is 0.598. The molecule has 166 valence electrons. The maximum Gasteiger partial charge on any atom is 0.286 e. The standard InChI is InChI=1S/C24H26ClN5O2/c1-16-22(24(32)28-29-13-3-2-4-14-29)27-30(23(16)18-7-9-19(25)10-8-18)20-11-5-17(6-12-20)15-21(26)31/h5-12H,2-4,13-15H2,1H3,(H2,26,31)(H,28,32). The van der Waals surface area contributed by atoms with Gasteiger partial charge in [0.25, 0.3) is 5.91 Å². The third-order valence-corrected chi connectivity index (χ3v) is 5.88. The highest BCUT2D eigenvalue weighted by Gasteiger charge is 2.24. The van der Waals surface area contributed by atoms with Crippen LogP contribution in [0.3, 0.4) is 0 Å². The van der Waals surface area contributed by atoms with Gasteiger partial charge >= 0.3 is 0 Å². The fraction of sp³-hybridized carbons (Fsp3) is 0.292. The molecule has 3 N–H and O–H groups in total. The fourth-order valence-corrected chi connectivity index (χ4v) is 4.13. The van der Waals surface area contributed by atoms with Gasteiger partial charge in [0, 0.05) is 29.2 Å². The summed E-state index contributed by atoms with van der Waals surface area (Å²) < 4.78 is 1.76. The molecule has 7 nitrogen and oxygen atoms in total. The molecule has 0 bridgehead atoms. The van der Waals surface area contributed by atoms with E-state index in [9.17, 15) is 9.59 Å². The summed E-state index contributed by atoms with van der Waals surface area (Å²) in [6.45, 7) is 3.59. The molecule has 2 amide bonds. The molecule has 8 heteroatoms. The van der Waals surface area contributed by atoms with Crippen LogP contribution in [0, 0.1) is 6.92 Å². The lowest BCUT2D eigenvalue weighted by Crippen LogP contribution is -2.45. The number of halogens is 1. The van der Waals surface area contributed by atoms with Crippen LogP contribution in [0.5, 0.6) is 0 Å². The van der Waals surface area contributed by atoms with Crippen molar-refractivity contribution in [2.24, 2.45) is 5.73 Å². The Bertz CT molecular complexity index is 1120. The van der Waals surface area contributed by atoms with Crippen LogP contribution in [-0.4, -0.2) is 39.7 Å². The number of hydrazine groups is 1. The Kier molecular flexibility index (Phi) is 6.58. The van der Waals surface area contributed by atoms with E-state index in [4.69, 9.17) is 17.3 Å². The lowest BCUT2D eigenvalue weighted by molar-refractivity contribution is -0.117. The van der Waals surface area contributed by atoms with Crippen molar-refractivity contribution in [1.82, 2.24) is 20.2 Å². The van der Waals surface area contributed by atoms with Crippen molar-refractivity contribution in [3.8, 4) is 16.9 Å². The second kappa shape index (κ2) is 9.54. The Balaban J connectivity index is 1.73. The predicted octanol–water partition coefficient (Wildman–Crippen LogP) is 3.66. The van der Waals surface area contributed by atoms with Gasteiger partial charge in [-0.1, -0.05) is 42.3 Å². The molecule has 0 radical (unpaired) electrons. The lowest BCUT2D eigenvalue weighted by Gasteiger charge is -2.26. The van der Waals surface area contributed by atoms with Crippen molar-refractivity contribution < 1.29 is 9.59 Å². The first-order valence-corrected chi connectivity index (χ1v) is 11.1. The van der Waals surface area contributed by atoms with E-state index >= 15 is 0 Å². The minimum atomic E-state index is -0.383. The summed E-state index contributed by atoms with van der Waals surface area (Å²) in [6.07, 6.45) is 3.50. The number of piperidine rings is 1. The number of nitrogens with zero attached hydrogens (tertiary/aromatic N) is 3.